The van der Waals surface area contributed by atoms with E-state index in [0.29, 0.717) is 6.04 Å². The zero-order valence-corrected chi connectivity index (χ0v) is 14.9. The number of fused-ring (bicyclic) bond motifs is 3. The number of anilines is 1. The van der Waals surface area contributed by atoms with Crippen molar-refractivity contribution < 1.29 is 4.79 Å². The number of carbonyl (C=O) groups excluding carboxylic acids is 1. The predicted octanol–water partition coefficient (Wildman–Crippen LogP) is 2.34. The van der Waals surface area contributed by atoms with Gasteiger partial charge >= 0.3 is 0 Å². The average Bonchev–Trinajstić information content (AvgIpc) is 3.43. The first-order valence-electron chi connectivity index (χ1n) is 9.31. The Labute approximate surface area is 151 Å². The van der Waals surface area contributed by atoms with Crippen LogP contribution in [0.2, 0.25) is 0 Å². The van der Waals surface area contributed by atoms with Gasteiger partial charge in [0.25, 0.3) is 0 Å². The quantitative estimate of drug-likeness (QED) is 0.784. The molecule has 0 aromatic carbocycles. The van der Waals surface area contributed by atoms with E-state index in [-0.39, 0.29) is 11.8 Å². The van der Waals surface area contributed by atoms with Gasteiger partial charge in [-0.15, -0.1) is 0 Å². The highest BCUT2D eigenvalue weighted by molar-refractivity contribution is 6.08. The third kappa shape index (κ3) is 2.50. The van der Waals surface area contributed by atoms with E-state index in [9.17, 15) is 4.79 Å². The highest BCUT2D eigenvalue weighted by Gasteiger charge is 2.35. The van der Waals surface area contributed by atoms with Crippen LogP contribution in [0.25, 0.3) is 21.9 Å². The van der Waals surface area contributed by atoms with Gasteiger partial charge in [0.05, 0.1) is 29.3 Å². The fourth-order valence-corrected chi connectivity index (χ4v) is 4.08. The van der Waals surface area contributed by atoms with Gasteiger partial charge in [-0.05, 0) is 31.7 Å². The molecule has 2 aliphatic rings. The van der Waals surface area contributed by atoms with Crippen LogP contribution >= 0.6 is 0 Å². The molecule has 134 valence electrons. The molecule has 0 bridgehead atoms. The molecule has 4 heterocycles. The summed E-state index contributed by atoms with van der Waals surface area (Å²) in [6.07, 6.45) is 9.55. The summed E-state index contributed by atoms with van der Waals surface area (Å²) in [6.45, 7) is 1.64. The van der Waals surface area contributed by atoms with Crippen molar-refractivity contribution in [3.05, 3.63) is 24.8 Å². The summed E-state index contributed by atoms with van der Waals surface area (Å²) in [5.74, 6) is 1.25. The van der Waals surface area contributed by atoms with Crippen molar-refractivity contribution in [2.75, 3.05) is 25.0 Å². The minimum atomic E-state index is 0.0468. The molecule has 1 atom stereocenters. The van der Waals surface area contributed by atoms with E-state index in [2.05, 4.69) is 24.8 Å². The minimum absolute atomic E-state index is 0.0468. The third-order valence-corrected chi connectivity index (χ3v) is 5.68. The molecule has 1 saturated carbocycles. The second-order valence-corrected chi connectivity index (χ2v) is 7.42. The third-order valence-electron chi connectivity index (χ3n) is 5.68. The van der Waals surface area contributed by atoms with E-state index in [1.165, 1.54) is 0 Å². The predicted molar refractivity (Wildman–Crippen MR) is 99.9 cm³/mol. The van der Waals surface area contributed by atoms with Crippen molar-refractivity contribution in [1.29, 1.82) is 0 Å². The zero-order chi connectivity index (χ0) is 17.7. The Morgan fingerprint density at radius 3 is 3.00 bits per heavy atom. The molecule has 1 N–H and O–H groups in total. The molecule has 1 aliphatic heterocycles. The number of amides is 1. The second kappa shape index (κ2) is 5.93. The summed E-state index contributed by atoms with van der Waals surface area (Å²) in [5.41, 5.74) is 1.68. The van der Waals surface area contributed by atoms with Crippen molar-refractivity contribution in [2.24, 2.45) is 5.92 Å². The molecule has 0 spiro atoms. The van der Waals surface area contributed by atoms with Crippen LogP contribution in [-0.2, 0) is 4.79 Å². The molecule has 5 rings (SSSR count). The lowest BCUT2D eigenvalue weighted by atomic mass is 9.96. The number of carbonyl (C=O) groups is 1. The van der Waals surface area contributed by atoms with E-state index in [1.807, 2.05) is 24.2 Å². The maximum absolute atomic E-state index is 12.8. The molecule has 1 amide bonds. The normalized spacial score (nSPS) is 20.7. The molecule has 7 nitrogen and oxygen atoms in total. The number of rotatable bonds is 3. The largest absolute Gasteiger partial charge is 0.355 e. The number of nitrogens with one attached hydrogen (secondary N) is 1. The lowest BCUT2D eigenvalue weighted by Crippen LogP contribution is -2.44. The van der Waals surface area contributed by atoms with Gasteiger partial charge in [0.15, 0.2) is 5.65 Å². The van der Waals surface area contributed by atoms with Gasteiger partial charge in [-0.25, -0.2) is 15.0 Å². The Kier molecular flexibility index (Phi) is 3.55. The monoisotopic (exact) mass is 350 g/mol. The van der Waals surface area contributed by atoms with Crippen LogP contribution in [0.5, 0.6) is 0 Å². The number of hydrogen-bond acceptors (Lipinski definition) is 5. The van der Waals surface area contributed by atoms with Gasteiger partial charge in [0.2, 0.25) is 5.91 Å². The minimum Gasteiger partial charge on any atom is -0.355 e. The van der Waals surface area contributed by atoms with E-state index in [4.69, 9.17) is 0 Å². The molecular formula is C19H22N6O. The van der Waals surface area contributed by atoms with Gasteiger partial charge in [-0.3, -0.25) is 4.79 Å². The summed E-state index contributed by atoms with van der Waals surface area (Å²) < 4.78 is 0. The van der Waals surface area contributed by atoms with E-state index in [0.717, 1.165) is 66.5 Å². The van der Waals surface area contributed by atoms with Crippen molar-refractivity contribution in [3.8, 4) is 0 Å². The van der Waals surface area contributed by atoms with E-state index in [1.54, 1.807) is 12.5 Å². The lowest BCUT2D eigenvalue weighted by molar-refractivity contribution is -0.134. The van der Waals surface area contributed by atoms with E-state index < -0.39 is 0 Å². The van der Waals surface area contributed by atoms with Crippen LogP contribution in [0.15, 0.2) is 24.8 Å². The first kappa shape index (κ1) is 15.5. The standard InChI is InChI=1S/C19H22N6O/c1-24(13-4-5-13)19(26)12-3-2-8-25(10-12)18-16-14-6-7-20-17(14)21-9-15(16)22-11-23-18/h6-7,9,11-13H,2-5,8,10H2,1H3,(H,22,23). The molecule has 0 radical (unpaired) electrons. The molecule has 2 fully saturated rings. The van der Waals surface area contributed by atoms with Crippen molar-refractivity contribution in [3.63, 3.8) is 0 Å². The topological polar surface area (TPSA) is 78.0 Å². The molecule has 3 aromatic rings. The van der Waals surface area contributed by atoms with E-state index >= 15 is 0 Å². The lowest BCUT2D eigenvalue weighted by Gasteiger charge is -2.35. The fraction of sp³-hybridized carbons (Fsp3) is 0.474. The Morgan fingerprint density at radius 1 is 1.27 bits per heavy atom. The van der Waals surface area contributed by atoms with Crippen molar-refractivity contribution in [2.45, 2.75) is 31.7 Å². The summed E-state index contributed by atoms with van der Waals surface area (Å²) in [7, 11) is 1.95. The fourth-order valence-electron chi connectivity index (χ4n) is 4.08. The van der Waals surface area contributed by atoms with Crippen LogP contribution in [-0.4, -0.2) is 56.9 Å². The summed E-state index contributed by atoms with van der Waals surface area (Å²) >= 11 is 0. The Morgan fingerprint density at radius 2 is 2.15 bits per heavy atom. The first-order chi connectivity index (χ1) is 12.7. The maximum atomic E-state index is 12.8. The molecule has 1 aliphatic carbocycles. The molecule has 1 unspecified atom stereocenters. The Bertz CT molecular complexity index is 978. The number of pyridine rings is 1. The van der Waals surface area contributed by atoms with Crippen LogP contribution in [0.1, 0.15) is 25.7 Å². The van der Waals surface area contributed by atoms with Crippen LogP contribution < -0.4 is 4.90 Å². The first-order valence-corrected chi connectivity index (χ1v) is 9.31. The average molecular weight is 350 g/mol. The zero-order valence-electron chi connectivity index (χ0n) is 14.9. The highest BCUT2D eigenvalue weighted by Crippen LogP contribution is 2.33. The van der Waals surface area contributed by atoms with Gasteiger partial charge in [-0.1, -0.05) is 0 Å². The molecular weight excluding hydrogens is 328 g/mol. The summed E-state index contributed by atoms with van der Waals surface area (Å²) in [6, 6.07) is 2.45. The summed E-state index contributed by atoms with van der Waals surface area (Å²) in [4.78, 5) is 33.6. The molecule has 3 aromatic heterocycles. The number of aromatic amines is 1. The smallest absolute Gasteiger partial charge is 0.227 e. The van der Waals surface area contributed by atoms with Crippen molar-refractivity contribution in [1.82, 2.24) is 24.8 Å². The van der Waals surface area contributed by atoms with Gasteiger partial charge < -0.3 is 14.8 Å². The second-order valence-electron chi connectivity index (χ2n) is 7.42. The summed E-state index contributed by atoms with van der Waals surface area (Å²) in [5, 5.41) is 2.05. The van der Waals surface area contributed by atoms with Crippen LogP contribution in [0.3, 0.4) is 0 Å². The van der Waals surface area contributed by atoms with Crippen molar-refractivity contribution >= 4 is 33.7 Å². The highest BCUT2D eigenvalue weighted by atomic mass is 16.2. The van der Waals surface area contributed by atoms with Crippen LogP contribution in [0, 0.1) is 5.92 Å². The maximum Gasteiger partial charge on any atom is 0.227 e. The number of aromatic nitrogens is 4. The number of nitrogens with zero attached hydrogens (tertiary/aromatic N) is 5. The Hall–Kier alpha value is -2.70. The van der Waals surface area contributed by atoms with Gasteiger partial charge in [0, 0.05) is 37.8 Å². The molecule has 7 heteroatoms. The van der Waals surface area contributed by atoms with Gasteiger partial charge in [-0.2, -0.15) is 0 Å². The SMILES string of the molecule is CN(C(=O)C1CCCN(c2nc[nH]c3cnc4nccc4c23)C1)C1CC1. The molecule has 26 heavy (non-hydrogen) atoms. The number of hydrogen-bond donors (Lipinski definition) is 1. The van der Waals surface area contributed by atoms with Gasteiger partial charge in [0.1, 0.15) is 5.82 Å². The van der Waals surface area contributed by atoms with Crippen LogP contribution in [0.4, 0.5) is 5.82 Å². The Balaban J connectivity index is 1.51. The number of piperidine rings is 1. The molecule has 1 saturated heterocycles. The number of H-pyrrole nitrogens is 1.